The van der Waals surface area contributed by atoms with Crippen LogP contribution in [0.25, 0.3) is 0 Å². The molecule has 0 spiro atoms. The highest BCUT2D eigenvalue weighted by molar-refractivity contribution is 5.18. The zero-order chi connectivity index (χ0) is 22.8. The van der Waals surface area contributed by atoms with Crippen LogP contribution < -0.4 is 0 Å². The molecule has 32 heavy (non-hydrogen) atoms. The summed E-state index contributed by atoms with van der Waals surface area (Å²) < 4.78 is 0. The van der Waals surface area contributed by atoms with Gasteiger partial charge in [-0.1, -0.05) is 63.3 Å². The maximum absolute atomic E-state index is 10.6. The summed E-state index contributed by atoms with van der Waals surface area (Å²) in [5.74, 6) is 1.92. The van der Waals surface area contributed by atoms with E-state index in [2.05, 4.69) is 30.9 Å². The average Bonchev–Trinajstić information content (AvgIpc) is 3.50. The molecule has 3 heteroatoms. The predicted molar refractivity (Wildman–Crippen MR) is 136 cm³/mol. The van der Waals surface area contributed by atoms with Crippen molar-refractivity contribution in [3.05, 3.63) is 23.8 Å². The normalized spacial score (nSPS) is 30.8. The molecule has 0 saturated heterocycles. The first-order chi connectivity index (χ1) is 15.6. The Balaban J connectivity index is 1.39. The zero-order valence-electron chi connectivity index (χ0n) is 21.1. The van der Waals surface area contributed by atoms with Crippen LogP contribution in [0.15, 0.2) is 23.8 Å². The zero-order valence-corrected chi connectivity index (χ0v) is 21.1. The van der Waals surface area contributed by atoms with Gasteiger partial charge in [-0.05, 0) is 102 Å². The number of aliphatic hydroxyl groups excluding tert-OH is 2. The first-order valence-corrected chi connectivity index (χ1v) is 14.1. The highest BCUT2D eigenvalue weighted by Gasteiger charge is 2.45. The maximum atomic E-state index is 10.6. The van der Waals surface area contributed by atoms with E-state index < -0.39 is 0 Å². The van der Waals surface area contributed by atoms with Crippen LogP contribution in [0, 0.1) is 23.7 Å². The van der Waals surface area contributed by atoms with Crippen LogP contribution in [0.5, 0.6) is 0 Å². The second-order valence-corrected chi connectivity index (χ2v) is 11.0. The molecule has 0 aromatic heterocycles. The fraction of sp³-hybridized carbons (Fsp3) is 0.862. The van der Waals surface area contributed by atoms with Gasteiger partial charge >= 0.3 is 0 Å². The third-order valence-corrected chi connectivity index (χ3v) is 8.54. The molecule has 3 nitrogen and oxygen atoms in total. The molecule has 0 aliphatic heterocycles. The number of rotatable bonds is 14. The van der Waals surface area contributed by atoms with E-state index in [1.54, 1.807) is 5.57 Å². The monoisotopic (exact) mass is 445 g/mol. The molecule has 0 bridgehead atoms. The van der Waals surface area contributed by atoms with Crippen molar-refractivity contribution in [2.75, 3.05) is 19.6 Å². The van der Waals surface area contributed by atoms with Gasteiger partial charge in [0.05, 0.1) is 12.2 Å². The van der Waals surface area contributed by atoms with Crippen molar-refractivity contribution in [3.63, 3.8) is 0 Å². The van der Waals surface area contributed by atoms with Gasteiger partial charge in [0.15, 0.2) is 0 Å². The summed E-state index contributed by atoms with van der Waals surface area (Å²) in [6.07, 6.45) is 23.4. The van der Waals surface area contributed by atoms with Crippen LogP contribution in [-0.4, -0.2) is 47.0 Å². The van der Waals surface area contributed by atoms with Gasteiger partial charge in [-0.3, -0.25) is 0 Å². The summed E-state index contributed by atoms with van der Waals surface area (Å²) in [6.45, 7) is 8.38. The van der Waals surface area contributed by atoms with E-state index in [1.165, 1.54) is 83.8 Å². The standard InChI is InChI=1S/C29H51NO2/c1-3-5-17-30(18-6-4-2)19-11-7-8-12-23-20-25-22-29(32)26(27(25)21-23)15-16-28(31)24-13-9-10-14-24/h12,15-16,24-29,31-32H,3-11,13-14,17-22H2,1-2H3/b16-15+,23-12+/t25-,26+,27-,28+,29+/m0/s1. The van der Waals surface area contributed by atoms with E-state index in [0.29, 0.717) is 17.8 Å². The molecule has 0 heterocycles. The molecule has 2 N–H and O–H groups in total. The molecular formula is C29H51NO2. The van der Waals surface area contributed by atoms with Gasteiger partial charge in [0.1, 0.15) is 0 Å². The molecule has 5 atom stereocenters. The molecule has 3 saturated carbocycles. The second kappa shape index (κ2) is 13.9. The lowest BCUT2D eigenvalue weighted by Crippen LogP contribution is -2.27. The molecule has 3 aliphatic rings. The Bertz CT molecular complexity index is 572. The molecule has 0 aromatic carbocycles. The largest absolute Gasteiger partial charge is 0.392 e. The quantitative estimate of drug-likeness (QED) is 0.237. The van der Waals surface area contributed by atoms with E-state index in [9.17, 15) is 10.2 Å². The van der Waals surface area contributed by atoms with Gasteiger partial charge in [0, 0.05) is 5.92 Å². The fourth-order valence-corrected chi connectivity index (χ4v) is 6.52. The molecule has 3 fully saturated rings. The van der Waals surface area contributed by atoms with Gasteiger partial charge < -0.3 is 15.1 Å². The second-order valence-electron chi connectivity index (χ2n) is 11.0. The van der Waals surface area contributed by atoms with Gasteiger partial charge in [0.2, 0.25) is 0 Å². The smallest absolute Gasteiger partial charge is 0.0749 e. The summed E-state index contributed by atoms with van der Waals surface area (Å²) in [4.78, 5) is 2.68. The summed E-state index contributed by atoms with van der Waals surface area (Å²) in [5, 5.41) is 21.1. The number of unbranched alkanes of at least 4 members (excludes halogenated alkanes) is 4. The van der Waals surface area contributed by atoms with E-state index in [1.807, 2.05) is 6.08 Å². The highest BCUT2D eigenvalue weighted by atomic mass is 16.3. The van der Waals surface area contributed by atoms with E-state index in [4.69, 9.17) is 0 Å². The molecule has 3 rings (SSSR count). The number of allylic oxidation sites excluding steroid dienone is 2. The molecule has 184 valence electrons. The summed E-state index contributed by atoms with van der Waals surface area (Å²) in [5.41, 5.74) is 1.63. The fourth-order valence-electron chi connectivity index (χ4n) is 6.52. The number of nitrogens with zero attached hydrogens (tertiary/aromatic N) is 1. The minimum absolute atomic E-state index is 0.212. The van der Waals surface area contributed by atoms with Crippen molar-refractivity contribution in [3.8, 4) is 0 Å². The Morgan fingerprint density at radius 3 is 2.34 bits per heavy atom. The molecule has 0 amide bonds. The van der Waals surface area contributed by atoms with Crippen molar-refractivity contribution < 1.29 is 10.2 Å². The maximum Gasteiger partial charge on any atom is 0.0749 e. The third-order valence-electron chi connectivity index (χ3n) is 8.54. The first-order valence-electron chi connectivity index (χ1n) is 14.1. The number of fused-ring (bicyclic) bond motifs is 1. The Labute approximate surface area is 198 Å². The van der Waals surface area contributed by atoms with Crippen LogP contribution in [0.3, 0.4) is 0 Å². The van der Waals surface area contributed by atoms with Crippen molar-refractivity contribution in [1.82, 2.24) is 4.90 Å². The van der Waals surface area contributed by atoms with Crippen LogP contribution in [0.1, 0.15) is 104 Å². The van der Waals surface area contributed by atoms with Crippen LogP contribution in [0.2, 0.25) is 0 Å². The van der Waals surface area contributed by atoms with Crippen LogP contribution in [0.4, 0.5) is 0 Å². The third kappa shape index (κ3) is 7.71. The van der Waals surface area contributed by atoms with Crippen molar-refractivity contribution >= 4 is 0 Å². The number of aliphatic hydroxyl groups is 2. The molecule has 0 aromatic rings. The molecule has 3 aliphatic carbocycles. The minimum atomic E-state index is -0.311. The molecule has 0 unspecified atom stereocenters. The predicted octanol–water partition coefficient (Wildman–Crippen LogP) is 6.50. The van der Waals surface area contributed by atoms with Crippen LogP contribution >= 0.6 is 0 Å². The van der Waals surface area contributed by atoms with Crippen LogP contribution in [-0.2, 0) is 0 Å². The summed E-state index contributed by atoms with van der Waals surface area (Å²) in [7, 11) is 0. The lowest BCUT2D eigenvalue weighted by Gasteiger charge is -2.21. The number of hydrogen-bond acceptors (Lipinski definition) is 3. The Hall–Kier alpha value is -0.640. The molecular weight excluding hydrogens is 394 g/mol. The van der Waals surface area contributed by atoms with Crippen molar-refractivity contribution in [2.24, 2.45) is 23.7 Å². The van der Waals surface area contributed by atoms with Crippen molar-refractivity contribution in [1.29, 1.82) is 0 Å². The van der Waals surface area contributed by atoms with Gasteiger partial charge in [0.25, 0.3) is 0 Å². The SMILES string of the molecule is CCCCN(CCCC)CCCC/C=C1\C[C@H]2C[C@@H](O)[C@H](/C=C/[C@@H](O)C3CCCC3)[C@H]2C1. The summed E-state index contributed by atoms with van der Waals surface area (Å²) >= 11 is 0. The topological polar surface area (TPSA) is 43.7 Å². The average molecular weight is 446 g/mol. The lowest BCUT2D eigenvalue weighted by molar-refractivity contribution is 0.135. The Morgan fingerprint density at radius 1 is 0.969 bits per heavy atom. The Kier molecular flexibility index (Phi) is 11.3. The van der Waals surface area contributed by atoms with E-state index in [-0.39, 0.29) is 18.1 Å². The van der Waals surface area contributed by atoms with Gasteiger partial charge in [-0.2, -0.15) is 0 Å². The van der Waals surface area contributed by atoms with Crippen molar-refractivity contribution in [2.45, 2.75) is 116 Å². The van der Waals surface area contributed by atoms with Gasteiger partial charge in [-0.25, -0.2) is 0 Å². The molecule has 0 radical (unpaired) electrons. The Morgan fingerprint density at radius 2 is 1.66 bits per heavy atom. The van der Waals surface area contributed by atoms with E-state index >= 15 is 0 Å². The van der Waals surface area contributed by atoms with Gasteiger partial charge in [-0.15, -0.1) is 0 Å². The van der Waals surface area contributed by atoms with E-state index in [0.717, 1.165) is 25.7 Å². The summed E-state index contributed by atoms with van der Waals surface area (Å²) in [6, 6.07) is 0. The minimum Gasteiger partial charge on any atom is -0.392 e. The lowest BCUT2D eigenvalue weighted by atomic mass is 9.89. The first kappa shape index (κ1) is 26.0. The number of hydrogen-bond donors (Lipinski definition) is 2. The highest BCUT2D eigenvalue weighted by Crippen LogP contribution is 2.50.